The van der Waals surface area contributed by atoms with E-state index in [1.54, 1.807) is 48.7 Å². The Labute approximate surface area is 471 Å². The predicted molar refractivity (Wildman–Crippen MR) is 305 cm³/mol. The molecule has 0 saturated carbocycles. The van der Waals surface area contributed by atoms with Gasteiger partial charge in [-0.3, -0.25) is 30.3 Å². The third-order valence-electron chi connectivity index (χ3n) is 12.2. The summed E-state index contributed by atoms with van der Waals surface area (Å²) in [5, 5.41) is 38.5. The number of amides is 3. The topological polar surface area (TPSA) is 374 Å². The van der Waals surface area contributed by atoms with E-state index in [0.717, 1.165) is 89.5 Å². The number of aromatic nitrogens is 15. The molecular formula is C51H51N21O6S3. The summed E-state index contributed by atoms with van der Waals surface area (Å²) in [6.45, 7) is 10.1. The Kier molecular flexibility index (Phi) is 17.1. The van der Waals surface area contributed by atoms with Gasteiger partial charge in [0.1, 0.15) is 23.7 Å². The molecule has 81 heavy (non-hydrogen) atoms. The van der Waals surface area contributed by atoms with Crippen LogP contribution in [0.25, 0.3) is 65.5 Å². The van der Waals surface area contributed by atoms with Gasteiger partial charge in [0.05, 0.1) is 51.7 Å². The maximum absolute atomic E-state index is 12.6. The van der Waals surface area contributed by atoms with E-state index in [0.29, 0.717) is 84.2 Å². The van der Waals surface area contributed by atoms with Crippen LogP contribution >= 0.6 is 34.0 Å². The Bertz CT molecular complexity index is 3670. The number of imidazole rings is 3. The SMILES string of the molecule is Cc1nc2cc(C(=O)Nc3nnc(-c4ccno4)s3)ccc2n1CCCN.Cc1nc2cc(C(=O)Nc3nnc(-c4cnco4)s3)ccc2n1CCCN.Cc1nc2cc(C(=O)Nc3nnc(-c4ncco4)s3)ccc2n1CCCN. The number of anilines is 3. The monoisotopic (exact) mass is 1150 g/mol. The maximum atomic E-state index is 12.6. The average molecular weight is 1150 g/mol. The first kappa shape index (κ1) is 55.0. The van der Waals surface area contributed by atoms with Gasteiger partial charge >= 0.3 is 0 Å². The molecule has 0 unspecified atom stereocenters. The van der Waals surface area contributed by atoms with Crippen molar-refractivity contribution < 1.29 is 27.7 Å². The van der Waals surface area contributed by atoms with E-state index in [4.69, 9.17) is 30.6 Å². The number of aryl methyl sites for hydroxylation is 6. The van der Waals surface area contributed by atoms with Crippen LogP contribution < -0.4 is 33.2 Å². The van der Waals surface area contributed by atoms with Gasteiger partial charge < -0.3 is 44.3 Å². The minimum atomic E-state index is -0.277. The fourth-order valence-electron chi connectivity index (χ4n) is 8.36. The lowest BCUT2D eigenvalue weighted by Gasteiger charge is -2.06. The lowest BCUT2D eigenvalue weighted by molar-refractivity contribution is 0.101. The summed E-state index contributed by atoms with van der Waals surface area (Å²) >= 11 is 3.62. The summed E-state index contributed by atoms with van der Waals surface area (Å²) in [5.41, 5.74) is 23.6. The second-order valence-electron chi connectivity index (χ2n) is 17.6. The molecule has 0 aliphatic rings. The van der Waals surface area contributed by atoms with Crippen molar-refractivity contribution in [2.75, 3.05) is 35.6 Å². The van der Waals surface area contributed by atoms with Crippen molar-refractivity contribution in [1.82, 2.24) is 74.4 Å². The highest BCUT2D eigenvalue weighted by molar-refractivity contribution is 7.19. The van der Waals surface area contributed by atoms with E-state index in [1.165, 1.54) is 59.1 Å². The third-order valence-corrected chi connectivity index (χ3v) is 14.7. The molecule has 0 aliphatic carbocycles. The number of nitrogens with two attached hydrogens (primary N) is 3. The Morgan fingerprint density at radius 3 is 1.35 bits per heavy atom. The van der Waals surface area contributed by atoms with E-state index < -0.39 is 0 Å². The number of rotatable bonds is 18. The summed E-state index contributed by atoms with van der Waals surface area (Å²) in [4.78, 5) is 59.2. The highest BCUT2D eigenvalue weighted by Gasteiger charge is 2.19. The summed E-state index contributed by atoms with van der Waals surface area (Å²) < 4.78 is 21.7. The minimum Gasteiger partial charge on any atom is -0.443 e. The minimum absolute atomic E-state index is 0.272. The zero-order valence-corrected chi connectivity index (χ0v) is 46.1. The molecule has 0 bridgehead atoms. The molecule has 9 aromatic heterocycles. The number of hydrogen-bond acceptors (Lipinski definition) is 24. The second-order valence-corrected chi connectivity index (χ2v) is 20.6. The van der Waals surface area contributed by atoms with Crippen LogP contribution in [0.5, 0.6) is 0 Å². The van der Waals surface area contributed by atoms with Crippen molar-refractivity contribution in [1.29, 1.82) is 0 Å². The summed E-state index contributed by atoms with van der Waals surface area (Å²) in [6, 6.07) is 18.0. The number of benzene rings is 3. The Hall–Kier alpha value is -9.33. The van der Waals surface area contributed by atoms with Gasteiger partial charge in [0, 0.05) is 42.4 Å². The summed E-state index contributed by atoms with van der Waals surface area (Å²) in [7, 11) is 0. The Balaban J connectivity index is 0.000000136. The summed E-state index contributed by atoms with van der Waals surface area (Å²) in [6.07, 6.45) is 10.00. The van der Waals surface area contributed by atoms with Crippen molar-refractivity contribution in [2.45, 2.75) is 59.7 Å². The highest BCUT2D eigenvalue weighted by Crippen LogP contribution is 2.30. The molecule has 0 spiro atoms. The molecule has 9 N–H and O–H groups in total. The van der Waals surface area contributed by atoms with E-state index in [9.17, 15) is 14.4 Å². The van der Waals surface area contributed by atoms with Crippen molar-refractivity contribution in [3.8, 4) is 32.4 Å². The van der Waals surface area contributed by atoms with Gasteiger partial charge in [-0.25, -0.2) is 24.9 Å². The predicted octanol–water partition coefficient (Wildman–Crippen LogP) is 7.36. The van der Waals surface area contributed by atoms with Crippen LogP contribution in [0.4, 0.5) is 15.4 Å². The van der Waals surface area contributed by atoms with Gasteiger partial charge in [0.2, 0.25) is 20.4 Å². The van der Waals surface area contributed by atoms with E-state index in [2.05, 4.69) is 90.3 Å². The summed E-state index contributed by atoms with van der Waals surface area (Å²) in [5.74, 6) is 3.26. The maximum Gasteiger partial charge on any atom is 0.257 e. The lowest BCUT2D eigenvalue weighted by atomic mass is 10.2. The average Bonchev–Trinajstić information content (AvgIpc) is 4.33. The van der Waals surface area contributed by atoms with Crippen LogP contribution in [-0.2, 0) is 19.6 Å². The molecular weight excluding hydrogens is 1100 g/mol. The van der Waals surface area contributed by atoms with Gasteiger partial charge in [-0.05, 0) is 114 Å². The van der Waals surface area contributed by atoms with Gasteiger partial charge in [0.15, 0.2) is 27.9 Å². The fourth-order valence-corrected chi connectivity index (χ4v) is 10.4. The van der Waals surface area contributed by atoms with Crippen LogP contribution in [-0.4, -0.2) is 112 Å². The highest BCUT2D eigenvalue weighted by atomic mass is 32.1. The van der Waals surface area contributed by atoms with E-state index >= 15 is 0 Å². The van der Waals surface area contributed by atoms with Crippen LogP contribution in [0.15, 0.2) is 105 Å². The van der Waals surface area contributed by atoms with Crippen LogP contribution in [0, 0.1) is 20.8 Å². The van der Waals surface area contributed by atoms with Crippen LogP contribution in [0.3, 0.4) is 0 Å². The molecule has 3 aromatic carbocycles. The number of nitrogens with zero attached hydrogens (tertiary/aromatic N) is 15. The standard InChI is InChI=1S/3C17H17N7O2S/c1-10-20-12-9-11(3-4-13(12)24(10)8-2-6-18)15(25)21-17-23-22-16(27-17)14-5-7-19-26-14;1-10-20-12-9-11(3-4-13(12)24(10)7-2-5-18)14(25)21-17-23-22-16(27-17)15-19-6-8-26-15;1-10-20-12-7-11(3-4-13(12)24(10)6-2-5-18)15(25)21-17-23-22-16(27-17)14-8-19-9-26-14/h3-5,7,9H,2,6,8,18H2,1H3,(H,21,23,25);3-4,6,8-9H,2,5,7,18H2,1H3,(H,21,23,25);3-4,7-9H,2,5-6,18H2,1H3,(H,21,23,25). The van der Waals surface area contributed by atoms with E-state index in [1.807, 2.05) is 39.0 Å². The largest absolute Gasteiger partial charge is 0.443 e. The molecule has 3 amide bonds. The van der Waals surface area contributed by atoms with Crippen molar-refractivity contribution in [3.05, 3.63) is 126 Å². The Morgan fingerprint density at radius 1 is 0.531 bits per heavy atom. The molecule has 30 heteroatoms. The molecule has 9 heterocycles. The smallest absolute Gasteiger partial charge is 0.257 e. The molecule has 0 radical (unpaired) electrons. The van der Waals surface area contributed by atoms with Crippen molar-refractivity contribution in [3.63, 3.8) is 0 Å². The first-order valence-electron chi connectivity index (χ1n) is 25.1. The molecule has 0 fully saturated rings. The van der Waals surface area contributed by atoms with Crippen LogP contribution in [0.1, 0.15) is 67.8 Å². The van der Waals surface area contributed by atoms with Crippen LogP contribution in [0.2, 0.25) is 0 Å². The fraction of sp³-hybridized carbons (Fsp3) is 0.235. The molecule has 12 rings (SSSR count). The molecule has 414 valence electrons. The molecule has 0 atom stereocenters. The zero-order chi connectivity index (χ0) is 56.4. The molecule has 0 saturated heterocycles. The first-order chi connectivity index (χ1) is 39.5. The second kappa shape index (κ2) is 25.2. The van der Waals surface area contributed by atoms with Gasteiger partial charge in [-0.1, -0.05) is 39.2 Å². The number of hydrogen-bond donors (Lipinski definition) is 6. The number of carbonyl (C=O) groups excluding carboxylic acids is 3. The molecule has 0 aliphatic heterocycles. The third kappa shape index (κ3) is 12.8. The van der Waals surface area contributed by atoms with Gasteiger partial charge in [0.25, 0.3) is 23.6 Å². The zero-order valence-electron chi connectivity index (χ0n) is 43.6. The molecule has 27 nitrogen and oxygen atoms in total. The first-order valence-corrected chi connectivity index (χ1v) is 27.6. The van der Waals surface area contributed by atoms with E-state index in [-0.39, 0.29) is 17.7 Å². The number of nitrogens with one attached hydrogen (secondary N) is 3. The molecule has 12 aromatic rings. The number of fused-ring (bicyclic) bond motifs is 3. The van der Waals surface area contributed by atoms with Gasteiger partial charge in [-0.15, -0.1) is 30.6 Å². The van der Waals surface area contributed by atoms with Crippen molar-refractivity contribution >= 4 is 100 Å². The number of carbonyl (C=O) groups is 3. The normalized spacial score (nSPS) is 11.2. The van der Waals surface area contributed by atoms with Gasteiger partial charge in [-0.2, -0.15) is 0 Å². The Morgan fingerprint density at radius 2 is 0.963 bits per heavy atom. The quantitative estimate of drug-likeness (QED) is 0.0488. The number of oxazole rings is 2. The lowest BCUT2D eigenvalue weighted by Crippen LogP contribution is -2.11. The van der Waals surface area contributed by atoms with Crippen molar-refractivity contribution in [2.24, 2.45) is 17.2 Å².